The van der Waals surface area contributed by atoms with Crippen molar-refractivity contribution in [2.75, 3.05) is 24.3 Å². The number of rotatable bonds is 7. The van der Waals surface area contributed by atoms with Gasteiger partial charge in [-0.15, -0.1) is 10.2 Å². The van der Waals surface area contributed by atoms with Crippen LogP contribution in [0.3, 0.4) is 0 Å². The van der Waals surface area contributed by atoms with Gasteiger partial charge in [0, 0.05) is 17.3 Å². The quantitative estimate of drug-likeness (QED) is 0.644. The number of hydrogen-bond acceptors (Lipinski definition) is 5. The number of anilines is 2. The third kappa shape index (κ3) is 5.18. The zero-order chi connectivity index (χ0) is 19.1. The highest BCUT2D eigenvalue weighted by Crippen LogP contribution is 2.18. The van der Waals surface area contributed by atoms with Gasteiger partial charge in [-0.2, -0.15) is 0 Å². The van der Waals surface area contributed by atoms with Crippen molar-refractivity contribution in [1.82, 2.24) is 10.2 Å². The number of para-hydroxylation sites is 1. The van der Waals surface area contributed by atoms with Gasteiger partial charge in [0.2, 0.25) is 0 Å². The average Bonchev–Trinajstić information content (AvgIpc) is 2.69. The second-order valence-corrected chi connectivity index (χ2v) is 6.19. The Bertz CT molecular complexity index is 916. The minimum Gasteiger partial charge on any atom is -0.496 e. The number of nitrogens with one attached hydrogen (secondary N) is 2. The van der Waals surface area contributed by atoms with E-state index < -0.39 is 0 Å². The molecule has 3 aromatic rings. The molecule has 0 saturated carbocycles. The van der Waals surface area contributed by atoms with Crippen LogP contribution in [0.4, 0.5) is 11.5 Å². The molecule has 27 heavy (non-hydrogen) atoms. The van der Waals surface area contributed by atoms with Crippen LogP contribution >= 0.6 is 11.6 Å². The molecule has 7 heteroatoms. The highest BCUT2D eigenvalue weighted by molar-refractivity contribution is 6.30. The van der Waals surface area contributed by atoms with Crippen molar-refractivity contribution in [1.29, 1.82) is 0 Å². The van der Waals surface area contributed by atoms with E-state index in [0.717, 1.165) is 17.7 Å². The van der Waals surface area contributed by atoms with Gasteiger partial charge in [0.05, 0.1) is 7.11 Å². The van der Waals surface area contributed by atoms with Crippen molar-refractivity contribution in [3.05, 3.63) is 76.9 Å². The lowest BCUT2D eigenvalue weighted by Crippen LogP contribution is -2.15. The fourth-order valence-electron chi connectivity index (χ4n) is 2.54. The summed E-state index contributed by atoms with van der Waals surface area (Å²) in [5, 5.41) is 14.5. The molecule has 0 bridgehead atoms. The van der Waals surface area contributed by atoms with Gasteiger partial charge in [-0.3, -0.25) is 4.79 Å². The molecule has 138 valence electrons. The Kier molecular flexibility index (Phi) is 6.22. The maximum atomic E-state index is 12.2. The van der Waals surface area contributed by atoms with Gasteiger partial charge in [-0.05, 0) is 48.4 Å². The van der Waals surface area contributed by atoms with Crippen LogP contribution in [0, 0.1) is 0 Å². The molecule has 0 fully saturated rings. The molecule has 1 aromatic heterocycles. The zero-order valence-corrected chi connectivity index (χ0v) is 15.5. The lowest BCUT2D eigenvalue weighted by Gasteiger charge is -2.09. The number of amides is 1. The van der Waals surface area contributed by atoms with E-state index in [1.54, 1.807) is 43.5 Å². The van der Waals surface area contributed by atoms with Gasteiger partial charge in [0.15, 0.2) is 5.69 Å². The van der Waals surface area contributed by atoms with Crippen molar-refractivity contribution >= 4 is 29.0 Å². The van der Waals surface area contributed by atoms with Crippen LogP contribution in [0.1, 0.15) is 16.1 Å². The summed E-state index contributed by atoms with van der Waals surface area (Å²) in [6, 6.07) is 18.1. The van der Waals surface area contributed by atoms with E-state index in [9.17, 15) is 4.79 Å². The standard InChI is InChI=1S/C20H19ClN4O2/c1-27-18-8-3-2-5-14(18)11-12-22-19-10-9-17(24-25-19)20(26)23-16-7-4-6-15(21)13-16/h2-10,13H,11-12H2,1H3,(H,22,25)(H,23,26). The average molecular weight is 383 g/mol. The number of nitrogens with zero attached hydrogens (tertiary/aromatic N) is 2. The molecule has 0 atom stereocenters. The molecule has 0 saturated heterocycles. The summed E-state index contributed by atoms with van der Waals surface area (Å²) in [4.78, 5) is 12.2. The van der Waals surface area contributed by atoms with E-state index in [0.29, 0.717) is 23.1 Å². The van der Waals surface area contributed by atoms with Gasteiger partial charge in [0.1, 0.15) is 11.6 Å². The second-order valence-electron chi connectivity index (χ2n) is 5.76. The number of methoxy groups -OCH3 is 1. The minimum absolute atomic E-state index is 0.227. The number of carbonyl (C=O) groups is 1. The first-order chi connectivity index (χ1) is 13.2. The highest BCUT2D eigenvalue weighted by atomic mass is 35.5. The Hall–Kier alpha value is -3.12. The summed E-state index contributed by atoms with van der Waals surface area (Å²) in [5.74, 6) is 1.12. The maximum Gasteiger partial charge on any atom is 0.276 e. The number of carbonyl (C=O) groups excluding carboxylic acids is 1. The van der Waals surface area contributed by atoms with Crippen LogP contribution in [-0.2, 0) is 6.42 Å². The topological polar surface area (TPSA) is 76.1 Å². The van der Waals surface area contributed by atoms with Crippen LogP contribution in [0.5, 0.6) is 5.75 Å². The monoisotopic (exact) mass is 382 g/mol. The maximum absolute atomic E-state index is 12.2. The summed E-state index contributed by atoms with van der Waals surface area (Å²) in [7, 11) is 1.66. The molecule has 2 aromatic carbocycles. The number of hydrogen-bond donors (Lipinski definition) is 2. The molecule has 0 radical (unpaired) electrons. The van der Waals surface area contributed by atoms with Gasteiger partial charge in [-0.1, -0.05) is 35.9 Å². The third-order valence-corrected chi connectivity index (χ3v) is 4.11. The van der Waals surface area contributed by atoms with Crippen LogP contribution in [-0.4, -0.2) is 29.8 Å². The molecule has 0 spiro atoms. The van der Waals surface area contributed by atoms with E-state index >= 15 is 0 Å². The number of halogens is 1. The minimum atomic E-state index is -0.342. The lowest BCUT2D eigenvalue weighted by atomic mass is 10.1. The molecule has 2 N–H and O–H groups in total. The Balaban J connectivity index is 1.54. The highest BCUT2D eigenvalue weighted by Gasteiger charge is 2.09. The Morgan fingerprint density at radius 1 is 1.07 bits per heavy atom. The van der Waals surface area contributed by atoms with E-state index in [1.165, 1.54) is 0 Å². The molecule has 0 aliphatic carbocycles. The van der Waals surface area contributed by atoms with Crippen molar-refractivity contribution in [2.24, 2.45) is 0 Å². The van der Waals surface area contributed by atoms with Crippen LogP contribution in [0.25, 0.3) is 0 Å². The Labute approximate surface area is 162 Å². The number of benzene rings is 2. The zero-order valence-electron chi connectivity index (χ0n) is 14.8. The smallest absolute Gasteiger partial charge is 0.276 e. The van der Waals surface area contributed by atoms with Gasteiger partial charge in [0.25, 0.3) is 5.91 Å². The molecule has 0 unspecified atom stereocenters. The molecule has 0 aliphatic rings. The van der Waals surface area contributed by atoms with Crippen molar-refractivity contribution in [3.63, 3.8) is 0 Å². The first-order valence-electron chi connectivity index (χ1n) is 8.42. The lowest BCUT2D eigenvalue weighted by molar-refractivity contribution is 0.102. The first kappa shape index (κ1) is 18.7. The fraction of sp³-hybridized carbons (Fsp3) is 0.150. The summed E-state index contributed by atoms with van der Waals surface area (Å²) in [5.41, 5.74) is 1.94. The number of ether oxygens (including phenoxy) is 1. The summed E-state index contributed by atoms with van der Waals surface area (Å²) in [6.07, 6.45) is 0.780. The molecule has 1 heterocycles. The summed E-state index contributed by atoms with van der Waals surface area (Å²) < 4.78 is 5.34. The van der Waals surface area contributed by atoms with Crippen molar-refractivity contribution in [3.8, 4) is 5.75 Å². The van der Waals surface area contributed by atoms with Crippen molar-refractivity contribution in [2.45, 2.75) is 6.42 Å². The molecular formula is C20H19ClN4O2. The van der Waals surface area contributed by atoms with Gasteiger partial charge < -0.3 is 15.4 Å². The Morgan fingerprint density at radius 2 is 1.93 bits per heavy atom. The van der Waals surface area contributed by atoms with E-state index in [-0.39, 0.29) is 11.6 Å². The van der Waals surface area contributed by atoms with Crippen molar-refractivity contribution < 1.29 is 9.53 Å². The van der Waals surface area contributed by atoms with Crippen LogP contribution < -0.4 is 15.4 Å². The second kappa shape index (κ2) is 9.00. The van der Waals surface area contributed by atoms with Crippen LogP contribution in [0.2, 0.25) is 5.02 Å². The van der Waals surface area contributed by atoms with Gasteiger partial charge >= 0.3 is 0 Å². The first-order valence-corrected chi connectivity index (χ1v) is 8.80. The van der Waals surface area contributed by atoms with Gasteiger partial charge in [-0.25, -0.2) is 0 Å². The van der Waals surface area contributed by atoms with Crippen LogP contribution in [0.15, 0.2) is 60.7 Å². The fourth-order valence-corrected chi connectivity index (χ4v) is 2.73. The van der Waals surface area contributed by atoms with E-state index in [4.69, 9.17) is 16.3 Å². The molecule has 0 aliphatic heterocycles. The molecule has 3 rings (SSSR count). The van der Waals surface area contributed by atoms with E-state index in [2.05, 4.69) is 20.8 Å². The summed E-state index contributed by atoms with van der Waals surface area (Å²) in [6.45, 7) is 0.670. The Morgan fingerprint density at radius 3 is 2.67 bits per heavy atom. The normalized spacial score (nSPS) is 10.3. The SMILES string of the molecule is COc1ccccc1CCNc1ccc(C(=O)Nc2cccc(Cl)c2)nn1. The summed E-state index contributed by atoms with van der Waals surface area (Å²) >= 11 is 5.91. The largest absolute Gasteiger partial charge is 0.496 e. The predicted octanol–water partition coefficient (Wildman–Crippen LogP) is 4.05. The third-order valence-electron chi connectivity index (χ3n) is 3.87. The molecular weight excluding hydrogens is 364 g/mol. The predicted molar refractivity (Wildman–Crippen MR) is 107 cm³/mol. The molecule has 6 nitrogen and oxygen atoms in total. The molecule has 1 amide bonds. The number of aromatic nitrogens is 2. The van der Waals surface area contributed by atoms with E-state index in [1.807, 2.05) is 24.3 Å².